The Bertz CT molecular complexity index is 910. The summed E-state index contributed by atoms with van der Waals surface area (Å²) in [6.07, 6.45) is -1.52. The zero-order valence-corrected chi connectivity index (χ0v) is 14.3. The predicted octanol–water partition coefficient (Wildman–Crippen LogP) is -0.391. The third-order valence-corrected chi connectivity index (χ3v) is 4.58. The van der Waals surface area contributed by atoms with E-state index >= 15 is 0 Å². The molecular formula is C16H19N5O5. The van der Waals surface area contributed by atoms with Crippen molar-refractivity contribution in [2.24, 2.45) is 0 Å². The average molecular weight is 361 g/mol. The molecule has 0 aliphatic carbocycles. The number of hydrogen-bond acceptors (Lipinski definition) is 9. The maximum Gasteiger partial charge on any atom is 0.168 e. The number of rotatable bonds is 5. The van der Waals surface area contributed by atoms with Gasteiger partial charge in [-0.25, -0.2) is 15.0 Å². The van der Waals surface area contributed by atoms with Crippen LogP contribution in [0.3, 0.4) is 0 Å². The third-order valence-electron chi connectivity index (χ3n) is 4.58. The number of aliphatic hydroxyl groups excluding tert-OH is 1. The molecule has 26 heavy (non-hydrogen) atoms. The van der Waals surface area contributed by atoms with Crippen LogP contribution >= 0.6 is 0 Å². The van der Waals surface area contributed by atoms with Crippen molar-refractivity contribution >= 4 is 34.6 Å². The summed E-state index contributed by atoms with van der Waals surface area (Å²) in [4.78, 5) is 35.9. The summed E-state index contributed by atoms with van der Waals surface area (Å²) in [5.74, 6) is -0.761. The van der Waals surface area contributed by atoms with E-state index in [0.29, 0.717) is 17.0 Å². The van der Waals surface area contributed by atoms with Gasteiger partial charge in [0.2, 0.25) is 0 Å². The molecule has 3 rings (SSSR count). The lowest BCUT2D eigenvalue weighted by atomic mass is 9.86. The summed E-state index contributed by atoms with van der Waals surface area (Å²) < 4.78 is 7.23. The number of ketones is 2. The number of anilines is 1. The Morgan fingerprint density at radius 1 is 1.50 bits per heavy atom. The molecule has 4 N–H and O–H groups in total. The van der Waals surface area contributed by atoms with Gasteiger partial charge in [-0.1, -0.05) is 6.58 Å². The van der Waals surface area contributed by atoms with Crippen molar-refractivity contribution in [1.82, 2.24) is 19.5 Å². The van der Waals surface area contributed by atoms with Gasteiger partial charge in [-0.05, 0) is 19.9 Å². The van der Waals surface area contributed by atoms with E-state index in [1.807, 2.05) is 0 Å². The average Bonchev–Trinajstić information content (AvgIpc) is 3.13. The van der Waals surface area contributed by atoms with E-state index in [1.54, 1.807) is 0 Å². The Morgan fingerprint density at radius 2 is 2.19 bits per heavy atom. The molecule has 1 aliphatic heterocycles. The topological polar surface area (TPSA) is 153 Å². The molecule has 0 bridgehead atoms. The van der Waals surface area contributed by atoms with Crippen molar-refractivity contribution in [1.29, 1.82) is 0 Å². The van der Waals surface area contributed by atoms with Crippen molar-refractivity contribution in [3.63, 3.8) is 0 Å². The molecule has 0 aromatic carbocycles. The van der Waals surface area contributed by atoms with Gasteiger partial charge in [0.05, 0.1) is 0 Å². The van der Waals surface area contributed by atoms with Crippen LogP contribution in [0.15, 0.2) is 12.9 Å². The highest BCUT2D eigenvalue weighted by Gasteiger charge is 2.55. The molecule has 10 heteroatoms. The fourth-order valence-electron chi connectivity index (χ4n) is 3.13. The predicted molar refractivity (Wildman–Crippen MR) is 90.7 cm³/mol. The lowest BCUT2D eigenvalue weighted by Crippen LogP contribution is -2.52. The fraction of sp³-hybridized carbons (Fsp3) is 0.438. The van der Waals surface area contributed by atoms with Gasteiger partial charge in [0.25, 0.3) is 0 Å². The smallest absolute Gasteiger partial charge is 0.168 e. The molecule has 2 aromatic heterocycles. The molecule has 1 unspecified atom stereocenters. The maximum absolute atomic E-state index is 12.0. The molecule has 0 radical (unpaired) electrons. The molecule has 4 atom stereocenters. The number of Topliss-reactive ketones (excluding diaryl/α,β-unsaturated/α-hetero) is 2. The largest absolute Gasteiger partial charge is 0.382 e. The highest BCUT2D eigenvalue weighted by atomic mass is 16.6. The first-order chi connectivity index (χ1) is 12.2. The number of ether oxygens (including phenoxy) is 1. The number of nitrogens with zero attached hydrogens (tertiary/aromatic N) is 4. The quantitative estimate of drug-likeness (QED) is 0.646. The van der Waals surface area contributed by atoms with Crippen molar-refractivity contribution in [3.8, 4) is 0 Å². The minimum atomic E-state index is -2.04. The van der Waals surface area contributed by atoms with Crippen LogP contribution in [0.25, 0.3) is 17.2 Å². The van der Waals surface area contributed by atoms with Crippen molar-refractivity contribution in [3.05, 3.63) is 18.7 Å². The van der Waals surface area contributed by atoms with Crippen LogP contribution in [-0.4, -0.2) is 59.1 Å². The number of aromatic nitrogens is 4. The summed E-state index contributed by atoms with van der Waals surface area (Å²) in [5, 5.41) is 20.9. The first-order valence-electron chi connectivity index (χ1n) is 7.89. The second kappa shape index (κ2) is 6.24. The van der Waals surface area contributed by atoms with E-state index in [4.69, 9.17) is 10.5 Å². The SMILES string of the molecule is C=Cc1nc2c(N)ncnc2n1[C@H]1C[C@@](O)(C(C)=O)[C@@H](C(O)C(C)=O)O1. The molecule has 0 spiro atoms. The van der Waals surface area contributed by atoms with Crippen LogP contribution in [0.4, 0.5) is 5.82 Å². The molecule has 0 saturated carbocycles. The van der Waals surface area contributed by atoms with Gasteiger partial charge >= 0.3 is 0 Å². The number of imidazole rings is 1. The molecule has 1 fully saturated rings. The molecule has 0 amide bonds. The summed E-state index contributed by atoms with van der Waals surface area (Å²) in [5.41, 5.74) is 4.41. The fourth-order valence-corrected chi connectivity index (χ4v) is 3.13. The van der Waals surface area contributed by atoms with Gasteiger partial charge in [0.15, 0.2) is 34.1 Å². The number of carbonyl (C=O) groups is 2. The minimum absolute atomic E-state index is 0.150. The molecule has 1 aliphatic rings. The standard InChI is InChI=1S/C16H19N5O5/c1-4-9-20-11-14(17)18-6-19-15(11)21(9)10-5-16(25,8(3)23)13(26-10)12(24)7(2)22/h4,6,10,12-13,24-25H,1,5H2,2-3H3,(H2,17,18,19)/t10-,12?,13-,16-/m1/s1. The van der Waals surface area contributed by atoms with Crippen LogP contribution < -0.4 is 5.73 Å². The number of nitrogens with two attached hydrogens (primary N) is 1. The minimum Gasteiger partial charge on any atom is -0.382 e. The highest BCUT2D eigenvalue weighted by molar-refractivity contribution is 5.89. The lowest BCUT2D eigenvalue weighted by Gasteiger charge is -2.27. The van der Waals surface area contributed by atoms with Gasteiger partial charge in [-0.2, -0.15) is 0 Å². The van der Waals surface area contributed by atoms with Crippen LogP contribution in [0.2, 0.25) is 0 Å². The summed E-state index contributed by atoms with van der Waals surface area (Å²) >= 11 is 0. The van der Waals surface area contributed by atoms with E-state index in [1.165, 1.54) is 23.9 Å². The summed E-state index contributed by atoms with van der Waals surface area (Å²) in [7, 11) is 0. The second-order valence-electron chi connectivity index (χ2n) is 6.23. The Balaban J connectivity index is 2.13. The monoisotopic (exact) mass is 361 g/mol. The zero-order chi connectivity index (χ0) is 19.2. The maximum atomic E-state index is 12.0. The van der Waals surface area contributed by atoms with Crippen LogP contribution in [0.5, 0.6) is 0 Å². The summed E-state index contributed by atoms with van der Waals surface area (Å²) in [6.45, 7) is 6.00. The molecule has 138 valence electrons. The Hall–Kier alpha value is -2.69. The van der Waals surface area contributed by atoms with Crippen LogP contribution in [0.1, 0.15) is 32.3 Å². The van der Waals surface area contributed by atoms with E-state index in [2.05, 4.69) is 21.5 Å². The van der Waals surface area contributed by atoms with E-state index < -0.39 is 35.6 Å². The van der Waals surface area contributed by atoms with Crippen molar-refractivity contribution in [2.45, 2.75) is 44.3 Å². The molecule has 10 nitrogen and oxygen atoms in total. The lowest BCUT2D eigenvalue weighted by molar-refractivity contribution is -0.158. The Morgan fingerprint density at radius 3 is 2.77 bits per heavy atom. The molecule has 3 heterocycles. The number of hydrogen-bond donors (Lipinski definition) is 3. The van der Waals surface area contributed by atoms with E-state index in [-0.39, 0.29) is 12.2 Å². The van der Waals surface area contributed by atoms with E-state index in [0.717, 1.165) is 6.92 Å². The van der Waals surface area contributed by atoms with Crippen molar-refractivity contribution in [2.75, 3.05) is 5.73 Å². The van der Waals surface area contributed by atoms with Crippen molar-refractivity contribution < 1.29 is 24.5 Å². The molecular weight excluding hydrogens is 342 g/mol. The number of fused-ring (bicyclic) bond motifs is 1. The molecule has 2 aromatic rings. The van der Waals surface area contributed by atoms with Gasteiger partial charge in [-0.15, -0.1) is 0 Å². The number of carbonyl (C=O) groups excluding carboxylic acids is 2. The van der Waals surface area contributed by atoms with Crippen LogP contribution in [-0.2, 0) is 14.3 Å². The van der Waals surface area contributed by atoms with Gasteiger partial charge in [0, 0.05) is 6.42 Å². The first kappa shape index (κ1) is 18.1. The third kappa shape index (κ3) is 2.59. The zero-order valence-electron chi connectivity index (χ0n) is 14.3. The van der Waals surface area contributed by atoms with E-state index in [9.17, 15) is 19.8 Å². The van der Waals surface area contributed by atoms with Gasteiger partial charge in [0.1, 0.15) is 30.6 Å². The highest BCUT2D eigenvalue weighted by Crippen LogP contribution is 2.41. The normalized spacial score (nSPS) is 26.8. The Kier molecular flexibility index (Phi) is 4.34. The van der Waals surface area contributed by atoms with Gasteiger partial charge < -0.3 is 20.7 Å². The first-order valence-corrected chi connectivity index (χ1v) is 7.89. The Labute approximate surface area is 148 Å². The second-order valence-corrected chi connectivity index (χ2v) is 6.23. The molecule has 1 saturated heterocycles. The number of aliphatic hydroxyl groups is 2. The van der Waals surface area contributed by atoms with Crippen LogP contribution in [0, 0.1) is 0 Å². The number of nitrogen functional groups attached to an aromatic ring is 1. The summed E-state index contributed by atoms with van der Waals surface area (Å²) in [6, 6.07) is 0. The van der Waals surface area contributed by atoms with Gasteiger partial charge in [-0.3, -0.25) is 14.2 Å².